The Hall–Kier alpha value is -1.03. The number of sulfone groups is 1. The van der Waals surface area contributed by atoms with E-state index in [1.165, 1.54) is 0 Å². The summed E-state index contributed by atoms with van der Waals surface area (Å²) in [6.07, 6.45) is 1.23. The third-order valence-electron chi connectivity index (χ3n) is 2.72. The highest BCUT2D eigenvalue weighted by molar-refractivity contribution is 7.91. The molecular weight excluding hydrogens is 224 g/mol. The van der Waals surface area contributed by atoms with Gasteiger partial charge in [0, 0.05) is 0 Å². The Morgan fingerprint density at radius 3 is 2.69 bits per heavy atom. The van der Waals surface area contributed by atoms with Gasteiger partial charge in [-0.05, 0) is 43.5 Å². The van der Waals surface area contributed by atoms with Crippen molar-refractivity contribution in [2.75, 3.05) is 11.5 Å². The van der Waals surface area contributed by atoms with Gasteiger partial charge in [0.15, 0.2) is 9.84 Å². The van der Waals surface area contributed by atoms with Gasteiger partial charge in [-0.25, -0.2) is 8.42 Å². The molecule has 4 heteroatoms. The number of hydrogen-bond donors (Lipinski definition) is 0. The summed E-state index contributed by atoms with van der Waals surface area (Å²) in [6, 6.07) is 8.65. The molecule has 2 rings (SSSR count). The van der Waals surface area contributed by atoms with Crippen molar-refractivity contribution in [1.82, 2.24) is 0 Å². The summed E-state index contributed by atoms with van der Waals surface area (Å²) in [5.41, 5.74) is 1.03. The average molecular weight is 239 g/mol. The Morgan fingerprint density at radius 2 is 2.06 bits per heavy atom. The van der Waals surface area contributed by atoms with Crippen molar-refractivity contribution in [3.8, 4) is 5.75 Å². The van der Waals surface area contributed by atoms with Crippen LogP contribution in [0.15, 0.2) is 18.2 Å². The van der Waals surface area contributed by atoms with Gasteiger partial charge in [-0.15, -0.1) is 0 Å². The van der Waals surface area contributed by atoms with Crippen molar-refractivity contribution in [3.05, 3.63) is 29.8 Å². The van der Waals surface area contributed by atoms with Crippen LogP contribution in [0, 0.1) is 13.0 Å². The summed E-state index contributed by atoms with van der Waals surface area (Å²) in [5, 5.41) is 0. The minimum Gasteiger partial charge on any atom is -0.490 e. The highest BCUT2D eigenvalue weighted by atomic mass is 32.2. The Balaban J connectivity index is 1.97. The molecule has 16 heavy (non-hydrogen) atoms. The third-order valence-corrected chi connectivity index (χ3v) is 4.44. The summed E-state index contributed by atoms with van der Waals surface area (Å²) in [6.45, 7) is 1.96. The molecule has 0 aromatic heterocycles. The lowest BCUT2D eigenvalue weighted by Gasteiger charge is -2.23. The SMILES string of the molecule is Cc1[c]ccc(OC2CCS(=O)(=O)CC2)c1. The first kappa shape index (κ1) is 11.5. The van der Waals surface area contributed by atoms with Gasteiger partial charge in [0.1, 0.15) is 11.9 Å². The van der Waals surface area contributed by atoms with Crippen LogP contribution in [0.3, 0.4) is 0 Å². The zero-order chi connectivity index (χ0) is 11.6. The lowest BCUT2D eigenvalue weighted by molar-refractivity contribution is 0.189. The summed E-state index contributed by atoms with van der Waals surface area (Å²) < 4.78 is 28.2. The molecule has 1 aromatic rings. The van der Waals surface area contributed by atoms with Crippen LogP contribution < -0.4 is 4.74 Å². The second-order valence-electron chi connectivity index (χ2n) is 4.18. The van der Waals surface area contributed by atoms with Gasteiger partial charge in [-0.1, -0.05) is 6.07 Å². The lowest BCUT2D eigenvalue weighted by Crippen LogP contribution is -2.30. The van der Waals surface area contributed by atoms with Gasteiger partial charge in [0.05, 0.1) is 11.5 Å². The molecule has 1 heterocycles. The molecule has 0 aliphatic carbocycles. The van der Waals surface area contributed by atoms with E-state index in [4.69, 9.17) is 4.74 Å². The van der Waals surface area contributed by atoms with Crippen LogP contribution in [-0.2, 0) is 9.84 Å². The van der Waals surface area contributed by atoms with Crippen LogP contribution in [0.2, 0.25) is 0 Å². The number of hydrogen-bond acceptors (Lipinski definition) is 3. The summed E-state index contributed by atoms with van der Waals surface area (Å²) >= 11 is 0. The number of rotatable bonds is 2. The first-order valence-corrected chi connectivity index (χ1v) is 7.23. The molecule has 1 fully saturated rings. The third kappa shape index (κ3) is 2.98. The van der Waals surface area contributed by atoms with Crippen LogP contribution in [0.1, 0.15) is 18.4 Å². The molecule has 1 aromatic carbocycles. The molecule has 0 N–H and O–H groups in total. The molecule has 1 saturated heterocycles. The van der Waals surface area contributed by atoms with Crippen molar-refractivity contribution >= 4 is 9.84 Å². The fraction of sp³-hybridized carbons (Fsp3) is 0.500. The average Bonchev–Trinajstić information content (AvgIpc) is 2.21. The Labute approximate surface area is 96.4 Å². The smallest absolute Gasteiger partial charge is 0.150 e. The Bertz CT molecular complexity index is 451. The van der Waals surface area contributed by atoms with Crippen LogP contribution in [0.5, 0.6) is 5.75 Å². The normalized spacial score (nSPS) is 20.6. The molecule has 0 atom stereocenters. The predicted octanol–water partition coefficient (Wildman–Crippen LogP) is 1.75. The van der Waals surface area contributed by atoms with E-state index in [0.29, 0.717) is 12.8 Å². The molecule has 1 aliphatic heterocycles. The summed E-state index contributed by atoms with van der Waals surface area (Å²) in [4.78, 5) is 0. The topological polar surface area (TPSA) is 43.4 Å². The van der Waals surface area contributed by atoms with Gasteiger partial charge >= 0.3 is 0 Å². The zero-order valence-electron chi connectivity index (χ0n) is 9.27. The summed E-state index contributed by atoms with van der Waals surface area (Å²) in [7, 11) is -2.80. The van der Waals surface area contributed by atoms with E-state index in [9.17, 15) is 8.42 Å². The van der Waals surface area contributed by atoms with Crippen LogP contribution in [0.25, 0.3) is 0 Å². The minimum absolute atomic E-state index is 0.0327. The molecule has 87 valence electrons. The largest absolute Gasteiger partial charge is 0.490 e. The van der Waals surface area contributed by atoms with E-state index < -0.39 is 9.84 Å². The standard InChI is InChI=1S/C12H15O3S/c1-10-3-2-4-12(9-10)15-11-5-7-16(13,14)8-6-11/h2,4,9,11H,5-8H2,1H3. The molecule has 1 aliphatic rings. The van der Waals surface area contributed by atoms with Gasteiger partial charge in [0.25, 0.3) is 0 Å². The second-order valence-corrected chi connectivity index (χ2v) is 6.48. The molecule has 0 saturated carbocycles. The van der Waals surface area contributed by atoms with Crippen molar-refractivity contribution in [3.63, 3.8) is 0 Å². The molecule has 0 bridgehead atoms. The van der Waals surface area contributed by atoms with Crippen molar-refractivity contribution < 1.29 is 13.2 Å². The van der Waals surface area contributed by atoms with E-state index in [1.807, 2.05) is 25.1 Å². The first-order chi connectivity index (χ1) is 7.55. The molecule has 0 spiro atoms. The van der Waals surface area contributed by atoms with E-state index >= 15 is 0 Å². The maximum atomic E-state index is 11.2. The molecule has 0 unspecified atom stereocenters. The van der Waals surface area contributed by atoms with Crippen molar-refractivity contribution in [2.24, 2.45) is 0 Å². The molecule has 1 radical (unpaired) electrons. The van der Waals surface area contributed by atoms with Crippen LogP contribution in [-0.4, -0.2) is 26.0 Å². The number of aryl methyl sites for hydroxylation is 1. The van der Waals surface area contributed by atoms with E-state index in [-0.39, 0.29) is 17.6 Å². The maximum Gasteiger partial charge on any atom is 0.150 e. The lowest BCUT2D eigenvalue weighted by atomic mass is 10.2. The van der Waals surface area contributed by atoms with Gasteiger partial charge < -0.3 is 4.74 Å². The monoisotopic (exact) mass is 239 g/mol. The van der Waals surface area contributed by atoms with E-state index in [1.54, 1.807) is 0 Å². The van der Waals surface area contributed by atoms with Gasteiger partial charge in [-0.3, -0.25) is 0 Å². The Morgan fingerprint density at radius 1 is 1.38 bits per heavy atom. The maximum absolute atomic E-state index is 11.2. The summed E-state index contributed by atoms with van der Waals surface area (Å²) in [5.74, 6) is 1.30. The van der Waals surface area contributed by atoms with Crippen LogP contribution >= 0.6 is 0 Å². The van der Waals surface area contributed by atoms with Gasteiger partial charge in [-0.2, -0.15) is 0 Å². The highest BCUT2D eigenvalue weighted by Crippen LogP contribution is 2.20. The highest BCUT2D eigenvalue weighted by Gasteiger charge is 2.24. The fourth-order valence-electron chi connectivity index (χ4n) is 1.81. The molecular formula is C12H15O3S. The minimum atomic E-state index is -2.80. The molecule has 0 amide bonds. The number of ether oxygens (including phenoxy) is 1. The van der Waals surface area contributed by atoms with Crippen LogP contribution in [0.4, 0.5) is 0 Å². The van der Waals surface area contributed by atoms with Gasteiger partial charge in [0.2, 0.25) is 0 Å². The predicted molar refractivity (Wildman–Crippen MR) is 62.3 cm³/mol. The van der Waals surface area contributed by atoms with E-state index in [0.717, 1.165) is 11.3 Å². The quantitative estimate of drug-likeness (QED) is 0.789. The Kier molecular flexibility index (Phi) is 3.19. The fourth-order valence-corrected chi connectivity index (χ4v) is 3.26. The zero-order valence-corrected chi connectivity index (χ0v) is 10.1. The van der Waals surface area contributed by atoms with Crippen molar-refractivity contribution in [2.45, 2.75) is 25.9 Å². The molecule has 3 nitrogen and oxygen atoms in total. The first-order valence-electron chi connectivity index (χ1n) is 5.41. The second kappa shape index (κ2) is 4.45. The van der Waals surface area contributed by atoms with Crippen molar-refractivity contribution in [1.29, 1.82) is 0 Å². The van der Waals surface area contributed by atoms with E-state index in [2.05, 4.69) is 6.07 Å². The number of benzene rings is 1.